The predicted octanol–water partition coefficient (Wildman–Crippen LogP) is 5.51. The summed E-state index contributed by atoms with van der Waals surface area (Å²) in [7, 11) is 1.36. The maximum absolute atomic E-state index is 13.9. The molecule has 2 rings (SSSR count). The zero-order valence-electron chi connectivity index (χ0n) is 11.2. The van der Waals surface area contributed by atoms with Gasteiger partial charge in [0, 0.05) is 23.3 Å². The lowest BCUT2D eigenvalue weighted by molar-refractivity contribution is 0.406. The fraction of sp³-hybridized carbons (Fsp3) is 0.200. The second-order valence-corrected chi connectivity index (χ2v) is 5.78. The fourth-order valence-corrected chi connectivity index (χ4v) is 2.66. The number of hydrogen-bond acceptors (Lipinski definition) is 1. The Bertz CT molecular complexity index is 691. The van der Waals surface area contributed by atoms with E-state index < -0.39 is 22.8 Å². The molecule has 0 fully saturated rings. The van der Waals surface area contributed by atoms with E-state index in [1.807, 2.05) is 0 Å². The molecule has 0 bridgehead atoms. The van der Waals surface area contributed by atoms with E-state index in [1.54, 1.807) is 0 Å². The van der Waals surface area contributed by atoms with Gasteiger partial charge in [0.25, 0.3) is 0 Å². The van der Waals surface area contributed by atoms with Gasteiger partial charge in [0.15, 0.2) is 0 Å². The topological polar surface area (TPSA) is 9.23 Å². The Balaban J connectivity index is 2.57. The van der Waals surface area contributed by atoms with Gasteiger partial charge in [0.2, 0.25) is 0 Å². The van der Waals surface area contributed by atoms with Crippen LogP contribution in [0.4, 0.5) is 13.2 Å². The lowest BCUT2D eigenvalue weighted by Gasteiger charge is -2.16. The summed E-state index contributed by atoms with van der Waals surface area (Å²) in [6.07, 6.45) is 0. The summed E-state index contributed by atoms with van der Waals surface area (Å²) in [5.41, 5.74) is 0.766. The molecule has 0 aliphatic heterocycles. The first-order valence-electron chi connectivity index (χ1n) is 5.97. The number of benzene rings is 2. The quantitative estimate of drug-likeness (QED) is 0.639. The number of methoxy groups -OCH3 is 1. The van der Waals surface area contributed by atoms with Crippen molar-refractivity contribution in [2.24, 2.45) is 0 Å². The van der Waals surface area contributed by atoms with Crippen LogP contribution in [0, 0.1) is 24.4 Å². The van der Waals surface area contributed by atoms with E-state index in [1.165, 1.54) is 26.2 Å². The van der Waals surface area contributed by atoms with Crippen LogP contribution >= 0.6 is 27.5 Å². The largest absolute Gasteiger partial charge is 0.496 e. The molecule has 2 aromatic carbocycles. The van der Waals surface area contributed by atoms with Gasteiger partial charge in [-0.1, -0.05) is 0 Å². The van der Waals surface area contributed by atoms with E-state index in [0.29, 0.717) is 5.56 Å². The number of hydrogen-bond donors (Lipinski definition) is 0. The number of halogens is 5. The normalized spacial score (nSPS) is 12.3. The van der Waals surface area contributed by atoms with Crippen molar-refractivity contribution in [1.29, 1.82) is 0 Å². The molecule has 1 atom stereocenters. The highest BCUT2D eigenvalue weighted by Gasteiger charge is 2.22. The number of aryl methyl sites for hydroxylation is 1. The van der Waals surface area contributed by atoms with Gasteiger partial charge < -0.3 is 4.74 Å². The Kier molecular flexibility index (Phi) is 4.84. The van der Waals surface area contributed by atoms with E-state index >= 15 is 0 Å². The zero-order chi connectivity index (χ0) is 15.7. The first-order chi connectivity index (χ1) is 9.85. The van der Waals surface area contributed by atoms with E-state index in [2.05, 4.69) is 15.9 Å². The molecule has 0 heterocycles. The summed E-state index contributed by atoms with van der Waals surface area (Å²) in [6, 6.07) is 4.69. The van der Waals surface area contributed by atoms with E-state index in [-0.39, 0.29) is 21.3 Å². The SMILES string of the molecule is COc1cc(F)c(Br)cc1C(Cl)c1cc(C)c(F)cc1F. The Morgan fingerprint density at radius 1 is 1.00 bits per heavy atom. The molecule has 0 saturated carbocycles. The van der Waals surface area contributed by atoms with Gasteiger partial charge in [-0.05, 0) is 40.5 Å². The van der Waals surface area contributed by atoms with Crippen molar-refractivity contribution in [3.63, 3.8) is 0 Å². The van der Waals surface area contributed by atoms with Crippen LogP contribution < -0.4 is 4.74 Å². The second kappa shape index (κ2) is 6.28. The van der Waals surface area contributed by atoms with Crippen LogP contribution in [-0.4, -0.2) is 7.11 Å². The maximum Gasteiger partial charge on any atom is 0.141 e. The van der Waals surface area contributed by atoms with E-state index in [0.717, 1.165) is 12.1 Å². The lowest BCUT2D eigenvalue weighted by Crippen LogP contribution is -2.03. The van der Waals surface area contributed by atoms with Gasteiger partial charge >= 0.3 is 0 Å². The summed E-state index contributed by atoms with van der Waals surface area (Å²) in [5.74, 6) is -1.74. The molecule has 1 nitrogen and oxygen atoms in total. The fourth-order valence-electron chi connectivity index (χ4n) is 1.96. The molecule has 0 radical (unpaired) electrons. The summed E-state index contributed by atoms with van der Waals surface area (Å²) in [6.45, 7) is 1.51. The van der Waals surface area contributed by atoms with Gasteiger partial charge in [0.05, 0.1) is 17.0 Å². The molecular formula is C15H11BrClF3O. The minimum absolute atomic E-state index is 0.104. The van der Waals surface area contributed by atoms with Crippen molar-refractivity contribution < 1.29 is 17.9 Å². The molecule has 0 aliphatic rings. The van der Waals surface area contributed by atoms with Gasteiger partial charge in [-0.2, -0.15) is 0 Å². The van der Waals surface area contributed by atoms with Crippen LogP contribution in [-0.2, 0) is 0 Å². The predicted molar refractivity (Wildman–Crippen MR) is 79.4 cm³/mol. The Morgan fingerprint density at radius 3 is 2.29 bits per heavy atom. The van der Waals surface area contributed by atoms with E-state index in [4.69, 9.17) is 16.3 Å². The molecule has 0 N–H and O–H groups in total. The number of ether oxygens (including phenoxy) is 1. The van der Waals surface area contributed by atoms with Gasteiger partial charge in [-0.25, -0.2) is 13.2 Å². The summed E-state index contributed by atoms with van der Waals surface area (Å²) >= 11 is 9.34. The molecule has 0 aromatic heterocycles. The Hall–Kier alpha value is -1.20. The molecule has 6 heteroatoms. The summed E-state index contributed by atoms with van der Waals surface area (Å²) in [5, 5.41) is -0.934. The first kappa shape index (κ1) is 16.2. The molecule has 2 aromatic rings. The van der Waals surface area contributed by atoms with Crippen molar-refractivity contribution in [2.75, 3.05) is 7.11 Å². The van der Waals surface area contributed by atoms with Crippen molar-refractivity contribution in [3.05, 3.63) is 62.9 Å². The molecule has 0 amide bonds. The van der Waals surface area contributed by atoms with Crippen LogP contribution in [0.3, 0.4) is 0 Å². The molecule has 112 valence electrons. The molecule has 1 unspecified atom stereocenters. The molecule has 21 heavy (non-hydrogen) atoms. The molecular weight excluding hydrogens is 369 g/mol. The third kappa shape index (κ3) is 3.19. The average molecular weight is 380 g/mol. The highest BCUT2D eigenvalue weighted by molar-refractivity contribution is 9.10. The second-order valence-electron chi connectivity index (χ2n) is 4.49. The van der Waals surface area contributed by atoms with Crippen molar-refractivity contribution in [2.45, 2.75) is 12.3 Å². The van der Waals surface area contributed by atoms with Gasteiger partial charge in [0.1, 0.15) is 23.2 Å². The third-order valence-corrected chi connectivity index (χ3v) is 4.17. The van der Waals surface area contributed by atoms with Crippen LogP contribution in [0.25, 0.3) is 0 Å². The highest BCUT2D eigenvalue weighted by atomic mass is 79.9. The van der Waals surface area contributed by atoms with Crippen molar-refractivity contribution in [1.82, 2.24) is 0 Å². The van der Waals surface area contributed by atoms with Crippen LogP contribution in [0.1, 0.15) is 22.1 Å². The maximum atomic E-state index is 13.9. The van der Waals surface area contributed by atoms with Crippen LogP contribution in [0.5, 0.6) is 5.75 Å². The molecule has 0 spiro atoms. The minimum atomic E-state index is -0.934. The Morgan fingerprint density at radius 2 is 1.67 bits per heavy atom. The third-order valence-electron chi connectivity index (χ3n) is 3.10. The van der Waals surface area contributed by atoms with Gasteiger partial charge in [-0.3, -0.25) is 0 Å². The number of rotatable bonds is 3. The molecule has 0 aliphatic carbocycles. The van der Waals surface area contributed by atoms with Crippen LogP contribution in [0.2, 0.25) is 0 Å². The minimum Gasteiger partial charge on any atom is -0.496 e. The van der Waals surface area contributed by atoms with Crippen molar-refractivity contribution >= 4 is 27.5 Å². The lowest BCUT2D eigenvalue weighted by atomic mass is 10.0. The number of alkyl halides is 1. The summed E-state index contributed by atoms with van der Waals surface area (Å²) < 4.78 is 46.0. The standard InChI is InChI=1S/C15H11BrClF3O/c1-7-3-8(12(19)5-11(7)18)15(17)9-4-10(16)13(20)6-14(9)21-2/h3-6,15H,1-2H3. The monoisotopic (exact) mass is 378 g/mol. The smallest absolute Gasteiger partial charge is 0.141 e. The zero-order valence-corrected chi connectivity index (χ0v) is 13.5. The van der Waals surface area contributed by atoms with Crippen LogP contribution in [0.15, 0.2) is 28.7 Å². The highest BCUT2D eigenvalue weighted by Crippen LogP contribution is 2.39. The van der Waals surface area contributed by atoms with Crippen molar-refractivity contribution in [3.8, 4) is 5.75 Å². The summed E-state index contributed by atoms with van der Waals surface area (Å²) in [4.78, 5) is 0. The Labute approximate surface area is 133 Å². The van der Waals surface area contributed by atoms with E-state index in [9.17, 15) is 13.2 Å². The van der Waals surface area contributed by atoms with Gasteiger partial charge in [-0.15, -0.1) is 11.6 Å². The first-order valence-corrected chi connectivity index (χ1v) is 7.20. The average Bonchev–Trinajstić information content (AvgIpc) is 2.44. The molecule has 0 saturated heterocycles.